The van der Waals surface area contributed by atoms with Gasteiger partial charge in [0.2, 0.25) is 0 Å². The third-order valence-corrected chi connectivity index (χ3v) is 4.72. The summed E-state index contributed by atoms with van der Waals surface area (Å²) in [5.41, 5.74) is 3.33. The van der Waals surface area contributed by atoms with E-state index in [-0.39, 0.29) is 11.0 Å². The molecule has 24 heavy (non-hydrogen) atoms. The first-order valence-electron chi connectivity index (χ1n) is 7.79. The summed E-state index contributed by atoms with van der Waals surface area (Å²) in [7, 11) is 3.18. The lowest BCUT2D eigenvalue weighted by Crippen LogP contribution is -2.23. The predicted octanol–water partition coefficient (Wildman–Crippen LogP) is 2.32. The lowest BCUT2D eigenvalue weighted by molar-refractivity contribution is 0.0413. The number of hydrogen-bond donors (Lipinski definition) is 0. The fourth-order valence-corrected chi connectivity index (χ4v) is 3.63. The molecule has 0 spiro atoms. The Kier molecular flexibility index (Phi) is 3.16. The van der Waals surface area contributed by atoms with Crippen LogP contribution in [0.1, 0.15) is 34.6 Å². The zero-order chi connectivity index (χ0) is 17.0. The van der Waals surface area contributed by atoms with Crippen molar-refractivity contribution in [3.8, 4) is 22.8 Å². The van der Waals surface area contributed by atoms with Crippen molar-refractivity contribution in [3.63, 3.8) is 0 Å². The Bertz CT molecular complexity index is 928. The van der Waals surface area contributed by atoms with E-state index in [9.17, 15) is 9.59 Å². The zero-order valence-corrected chi connectivity index (χ0v) is 13.7. The second-order valence-corrected chi connectivity index (χ2v) is 5.97. The number of carbonyl (C=O) groups is 1. The number of cyclic esters (lactones) is 1. The van der Waals surface area contributed by atoms with Gasteiger partial charge in [0.05, 0.1) is 25.6 Å². The maximum absolute atomic E-state index is 12.5. The number of pyridine rings is 1. The first-order chi connectivity index (χ1) is 11.5. The first kappa shape index (κ1) is 14.8. The Morgan fingerprint density at radius 3 is 2.54 bits per heavy atom. The molecular weight excluding hydrogens is 310 g/mol. The molecular formula is C18H17NO5. The number of aryl methyl sites for hydroxylation is 1. The number of nitrogens with zero attached hydrogens (tertiary/aromatic N) is 1. The first-order valence-corrected chi connectivity index (χ1v) is 7.79. The molecule has 3 heterocycles. The van der Waals surface area contributed by atoms with Crippen molar-refractivity contribution in [2.24, 2.45) is 0 Å². The van der Waals surface area contributed by atoms with Crippen molar-refractivity contribution < 1.29 is 19.0 Å². The summed E-state index contributed by atoms with van der Waals surface area (Å²) in [6.45, 7) is 2.47. The predicted molar refractivity (Wildman–Crippen MR) is 86.8 cm³/mol. The molecule has 0 fully saturated rings. The van der Waals surface area contributed by atoms with E-state index in [1.165, 1.54) is 6.07 Å². The molecule has 0 radical (unpaired) electrons. The van der Waals surface area contributed by atoms with Crippen LogP contribution in [-0.2, 0) is 17.7 Å². The molecule has 0 aliphatic carbocycles. The molecule has 0 saturated carbocycles. The van der Waals surface area contributed by atoms with Gasteiger partial charge >= 0.3 is 5.97 Å². The summed E-state index contributed by atoms with van der Waals surface area (Å²) < 4.78 is 18.0. The van der Waals surface area contributed by atoms with Crippen LogP contribution in [0.3, 0.4) is 0 Å². The van der Waals surface area contributed by atoms with E-state index in [1.54, 1.807) is 21.1 Å². The maximum Gasteiger partial charge on any atom is 0.344 e. The van der Waals surface area contributed by atoms with Crippen LogP contribution in [0.25, 0.3) is 11.3 Å². The summed E-state index contributed by atoms with van der Waals surface area (Å²) in [4.78, 5) is 24.4. The average Bonchev–Trinajstić information content (AvgIpc) is 2.89. The number of hydrogen-bond acceptors (Lipinski definition) is 5. The topological polar surface area (TPSA) is 66.8 Å². The van der Waals surface area contributed by atoms with Gasteiger partial charge < -0.3 is 18.8 Å². The highest BCUT2D eigenvalue weighted by atomic mass is 16.5. The quantitative estimate of drug-likeness (QED) is 0.792. The van der Waals surface area contributed by atoms with Crippen molar-refractivity contribution in [2.45, 2.75) is 26.0 Å². The fraction of sp³-hybridized carbons (Fsp3) is 0.333. The minimum absolute atomic E-state index is 0.162. The van der Waals surface area contributed by atoms with Gasteiger partial charge in [0, 0.05) is 18.2 Å². The van der Waals surface area contributed by atoms with Gasteiger partial charge in [0.15, 0.2) is 16.9 Å². The van der Waals surface area contributed by atoms with Crippen LogP contribution in [0.5, 0.6) is 11.5 Å². The van der Waals surface area contributed by atoms with Gasteiger partial charge in [0.25, 0.3) is 0 Å². The van der Waals surface area contributed by atoms with E-state index in [2.05, 4.69) is 0 Å². The van der Waals surface area contributed by atoms with Gasteiger partial charge in [-0.2, -0.15) is 0 Å². The molecule has 1 aromatic heterocycles. The summed E-state index contributed by atoms with van der Waals surface area (Å²) in [6, 6.07) is 5.34. The van der Waals surface area contributed by atoms with Crippen LogP contribution in [0.4, 0.5) is 0 Å². The lowest BCUT2D eigenvalue weighted by atomic mass is 9.94. The van der Waals surface area contributed by atoms with Crippen LogP contribution in [-0.4, -0.2) is 24.8 Å². The van der Waals surface area contributed by atoms with E-state index in [0.717, 1.165) is 23.2 Å². The van der Waals surface area contributed by atoms with Crippen LogP contribution in [0.15, 0.2) is 23.0 Å². The number of esters is 1. The Balaban J connectivity index is 2.01. The van der Waals surface area contributed by atoms with Gasteiger partial charge in [-0.1, -0.05) is 0 Å². The molecule has 6 heteroatoms. The van der Waals surface area contributed by atoms with Gasteiger partial charge in [-0.05, 0) is 31.0 Å². The Hall–Kier alpha value is -2.76. The molecule has 1 atom stereocenters. The van der Waals surface area contributed by atoms with Crippen molar-refractivity contribution in [2.75, 3.05) is 14.2 Å². The van der Waals surface area contributed by atoms with E-state index in [4.69, 9.17) is 14.2 Å². The smallest absolute Gasteiger partial charge is 0.344 e. The van der Waals surface area contributed by atoms with E-state index in [1.807, 2.05) is 16.7 Å². The average molecular weight is 327 g/mol. The molecule has 1 unspecified atom stereocenters. The lowest BCUT2D eigenvalue weighted by Gasteiger charge is -2.26. The molecule has 0 bridgehead atoms. The summed E-state index contributed by atoms with van der Waals surface area (Å²) in [5.74, 6) is 0.744. The number of aromatic nitrogens is 1. The SMILES string of the molecule is COc1cc2c(cc1OC)-c1cc(=O)c3c(n1CC2)C(C)OC3=O. The van der Waals surface area contributed by atoms with Crippen molar-refractivity contribution in [1.82, 2.24) is 4.57 Å². The normalized spacial score (nSPS) is 17.6. The highest BCUT2D eigenvalue weighted by molar-refractivity contribution is 5.94. The standard InChI is InChI=1S/C18H17NO5/c1-9-17-16(18(21)24-9)13(20)8-12-11-7-15(23-3)14(22-2)6-10(11)4-5-19(12)17/h6-9H,4-5H2,1-3H3. The second-order valence-electron chi connectivity index (χ2n) is 5.97. The third kappa shape index (κ3) is 1.89. The van der Waals surface area contributed by atoms with Gasteiger partial charge in [0.1, 0.15) is 11.7 Å². The molecule has 2 aliphatic heterocycles. The highest BCUT2D eigenvalue weighted by Crippen LogP contribution is 2.40. The Morgan fingerprint density at radius 2 is 1.83 bits per heavy atom. The second kappa shape index (κ2) is 5.12. The molecule has 4 rings (SSSR count). The van der Waals surface area contributed by atoms with Crippen LogP contribution >= 0.6 is 0 Å². The summed E-state index contributed by atoms with van der Waals surface area (Å²) in [6.07, 6.45) is 0.362. The van der Waals surface area contributed by atoms with Crippen molar-refractivity contribution in [1.29, 1.82) is 0 Å². The van der Waals surface area contributed by atoms with Gasteiger partial charge in [-0.15, -0.1) is 0 Å². The molecule has 0 amide bonds. The Labute approximate surface area is 138 Å². The van der Waals surface area contributed by atoms with E-state index >= 15 is 0 Å². The fourth-order valence-electron chi connectivity index (χ4n) is 3.63. The number of methoxy groups -OCH3 is 2. The molecule has 2 aliphatic rings. The minimum atomic E-state index is -0.532. The zero-order valence-electron chi connectivity index (χ0n) is 13.7. The van der Waals surface area contributed by atoms with Crippen molar-refractivity contribution >= 4 is 5.97 Å². The summed E-state index contributed by atoms with van der Waals surface area (Å²) >= 11 is 0. The van der Waals surface area contributed by atoms with Gasteiger partial charge in [-0.25, -0.2) is 4.79 Å². The molecule has 2 aromatic rings. The van der Waals surface area contributed by atoms with Crippen LogP contribution in [0.2, 0.25) is 0 Å². The van der Waals surface area contributed by atoms with Crippen molar-refractivity contribution in [3.05, 3.63) is 45.2 Å². The molecule has 6 nitrogen and oxygen atoms in total. The monoisotopic (exact) mass is 327 g/mol. The third-order valence-electron chi connectivity index (χ3n) is 4.72. The van der Waals surface area contributed by atoms with Crippen LogP contribution in [0, 0.1) is 0 Å². The molecule has 0 saturated heterocycles. The van der Waals surface area contributed by atoms with Crippen LogP contribution < -0.4 is 14.9 Å². The van der Waals surface area contributed by atoms with E-state index in [0.29, 0.717) is 23.7 Å². The maximum atomic E-state index is 12.5. The number of carbonyl (C=O) groups excluding carboxylic acids is 1. The molecule has 0 N–H and O–H groups in total. The van der Waals surface area contributed by atoms with Gasteiger partial charge in [-0.3, -0.25) is 4.79 Å². The minimum Gasteiger partial charge on any atom is -0.493 e. The summed E-state index contributed by atoms with van der Waals surface area (Å²) in [5, 5.41) is 0. The van der Waals surface area contributed by atoms with E-state index < -0.39 is 12.1 Å². The number of ether oxygens (including phenoxy) is 3. The Morgan fingerprint density at radius 1 is 1.12 bits per heavy atom. The molecule has 1 aromatic carbocycles. The highest BCUT2D eigenvalue weighted by Gasteiger charge is 2.35. The number of fused-ring (bicyclic) bond motifs is 5. The largest absolute Gasteiger partial charge is 0.493 e. The number of benzene rings is 1. The number of rotatable bonds is 2. The molecule has 124 valence electrons.